The van der Waals surface area contributed by atoms with Crippen LogP contribution in [0.5, 0.6) is 11.8 Å². The Bertz CT molecular complexity index is 418. The van der Waals surface area contributed by atoms with E-state index in [1.807, 2.05) is 0 Å². The minimum atomic E-state index is 0.289. The van der Waals surface area contributed by atoms with Crippen LogP contribution in [0.15, 0.2) is 36.9 Å². The molecule has 0 amide bonds. The third-order valence-electron chi connectivity index (χ3n) is 1.68. The maximum absolute atomic E-state index is 5.61. The monoisotopic (exact) mass is 221 g/mol. The van der Waals surface area contributed by atoms with Gasteiger partial charge in [0, 0.05) is 24.2 Å². The summed E-state index contributed by atoms with van der Waals surface area (Å²) in [7, 11) is 0. The van der Waals surface area contributed by atoms with E-state index in [0.717, 1.165) is 5.56 Å². The van der Waals surface area contributed by atoms with Crippen molar-refractivity contribution in [3.63, 3.8) is 0 Å². The summed E-state index contributed by atoms with van der Waals surface area (Å²) in [5, 5.41) is 0. The smallest absolute Gasteiger partial charge is 0.321 e. The molecule has 0 bridgehead atoms. The summed E-state index contributed by atoms with van der Waals surface area (Å²) < 4.78 is 5.35. The number of aromatic nitrogens is 3. The van der Waals surface area contributed by atoms with Crippen molar-refractivity contribution in [3.8, 4) is 11.8 Å². The molecular formula is C10H8ClN3O. The molecule has 4 nitrogen and oxygen atoms in total. The van der Waals surface area contributed by atoms with Crippen molar-refractivity contribution >= 4 is 11.6 Å². The number of hydrogen-bond acceptors (Lipinski definition) is 4. The Morgan fingerprint density at radius 3 is 2.60 bits per heavy atom. The molecule has 0 atom stereocenters. The van der Waals surface area contributed by atoms with Gasteiger partial charge in [-0.2, -0.15) is 0 Å². The lowest BCUT2D eigenvalue weighted by Gasteiger charge is -2.02. The van der Waals surface area contributed by atoms with Crippen molar-refractivity contribution in [3.05, 3.63) is 42.5 Å². The minimum absolute atomic E-state index is 0.289. The van der Waals surface area contributed by atoms with Crippen molar-refractivity contribution < 1.29 is 4.74 Å². The van der Waals surface area contributed by atoms with E-state index in [1.54, 1.807) is 36.9 Å². The van der Waals surface area contributed by atoms with Gasteiger partial charge in [-0.05, 0) is 12.1 Å². The highest BCUT2D eigenvalue weighted by Crippen LogP contribution is 2.15. The Balaban J connectivity index is 2.11. The minimum Gasteiger partial charge on any atom is -0.423 e. The van der Waals surface area contributed by atoms with Crippen molar-refractivity contribution in [1.82, 2.24) is 15.0 Å². The fourth-order valence-electron chi connectivity index (χ4n) is 0.978. The van der Waals surface area contributed by atoms with Crippen LogP contribution >= 0.6 is 11.6 Å². The first-order valence-corrected chi connectivity index (χ1v) is 4.86. The predicted molar refractivity (Wildman–Crippen MR) is 55.9 cm³/mol. The van der Waals surface area contributed by atoms with E-state index in [1.165, 1.54) is 0 Å². The average Bonchev–Trinajstić information content (AvgIpc) is 2.31. The fraction of sp³-hybridized carbons (Fsp3) is 0.100. The molecule has 2 rings (SSSR count). The van der Waals surface area contributed by atoms with Gasteiger partial charge >= 0.3 is 6.01 Å². The molecule has 0 spiro atoms. The molecule has 0 aliphatic heterocycles. The first-order chi connectivity index (χ1) is 7.38. The number of hydrogen-bond donors (Lipinski definition) is 0. The topological polar surface area (TPSA) is 47.9 Å². The van der Waals surface area contributed by atoms with Crippen LogP contribution in [-0.4, -0.2) is 15.0 Å². The summed E-state index contributed by atoms with van der Waals surface area (Å²) >= 11 is 5.61. The molecule has 0 aliphatic rings. The van der Waals surface area contributed by atoms with E-state index in [9.17, 15) is 0 Å². The lowest BCUT2D eigenvalue weighted by Crippen LogP contribution is -1.92. The van der Waals surface area contributed by atoms with E-state index in [2.05, 4.69) is 15.0 Å². The second-order valence-electron chi connectivity index (χ2n) is 2.80. The molecule has 2 aromatic rings. The van der Waals surface area contributed by atoms with E-state index in [-0.39, 0.29) is 6.01 Å². The fourth-order valence-corrected chi connectivity index (χ4v) is 1.12. The normalized spacial score (nSPS) is 9.93. The molecule has 76 valence electrons. The van der Waals surface area contributed by atoms with Gasteiger partial charge in [0.25, 0.3) is 0 Å². The lowest BCUT2D eigenvalue weighted by molar-refractivity contribution is 0.439. The van der Waals surface area contributed by atoms with Crippen LogP contribution in [0.2, 0.25) is 0 Å². The molecule has 15 heavy (non-hydrogen) atoms. The quantitative estimate of drug-likeness (QED) is 0.747. The third kappa shape index (κ3) is 2.63. The molecule has 2 aromatic heterocycles. The molecule has 2 heterocycles. The lowest BCUT2D eigenvalue weighted by atomic mass is 10.4. The zero-order chi connectivity index (χ0) is 10.5. The van der Waals surface area contributed by atoms with Crippen LogP contribution in [0.25, 0.3) is 0 Å². The van der Waals surface area contributed by atoms with Crippen LogP contribution in [0, 0.1) is 0 Å². The Hall–Kier alpha value is -1.68. The van der Waals surface area contributed by atoms with Gasteiger partial charge in [0.2, 0.25) is 0 Å². The highest BCUT2D eigenvalue weighted by Gasteiger charge is 1.99. The number of rotatable bonds is 3. The molecule has 0 saturated heterocycles. The molecule has 0 aromatic carbocycles. The zero-order valence-corrected chi connectivity index (χ0v) is 8.55. The molecule has 0 radical (unpaired) electrons. The number of ether oxygens (including phenoxy) is 1. The van der Waals surface area contributed by atoms with Crippen molar-refractivity contribution in [2.75, 3.05) is 0 Å². The van der Waals surface area contributed by atoms with E-state index in [0.29, 0.717) is 11.6 Å². The van der Waals surface area contributed by atoms with Crippen LogP contribution in [0.4, 0.5) is 0 Å². The molecule has 0 saturated carbocycles. The highest BCUT2D eigenvalue weighted by molar-refractivity contribution is 6.17. The molecule has 5 heteroatoms. The van der Waals surface area contributed by atoms with Crippen LogP contribution in [0.3, 0.4) is 0 Å². The number of nitrogens with zero attached hydrogens (tertiary/aromatic N) is 3. The standard InChI is InChI=1S/C10H8ClN3O/c11-4-8-5-13-10(14-6-8)15-9-2-1-3-12-7-9/h1-3,5-7H,4H2. The summed E-state index contributed by atoms with van der Waals surface area (Å²) in [6.45, 7) is 0. The molecule has 0 N–H and O–H groups in total. The van der Waals surface area contributed by atoms with Gasteiger partial charge in [0.1, 0.15) is 5.75 Å². The summed E-state index contributed by atoms with van der Waals surface area (Å²) in [4.78, 5) is 11.9. The number of halogens is 1. The van der Waals surface area contributed by atoms with Crippen LogP contribution in [-0.2, 0) is 5.88 Å². The third-order valence-corrected chi connectivity index (χ3v) is 1.99. The molecular weight excluding hydrogens is 214 g/mol. The van der Waals surface area contributed by atoms with Gasteiger partial charge in [-0.1, -0.05) is 0 Å². The van der Waals surface area contributed by atoms with E-state index >= 15 is 0 Å². The molecule has 0 fully saturated rings. The van der Waals surface area contributed by atoms with Crippen LogP contribution in [0.1, 0.15) is 5.56 Å². The van der Waals surface area contributed by atoms with Crippen molar-refractivity contribution in [2.24, 2.45) is 0 Å². The second-order valence-corrected chi connectivity index (χ2v) is 3.07. The average molecular weight is 222 g/mol. The maximum Gasteiger partial charge on any atom is 0.321 e. The van der Waals surface area contributed by atoms with Crippen molar-refractivity contribution in [1.29, 1.82) is 0 Å². The Labute approximate surface area is 91.9 Å². The number of pyridine rings is 1. The first-order valence-electron chi connectivity index (χ1n) is 4.33. The SMILES string of the molecule is ClCc1cnc(Oc2cccnc2)nc1. The van der Waals surface area contributed by atoms with Gasteiger partial charge in [0.15, 0.2) is 0 Å². The van der Waals surface area contributed by atoms with Crippen LogP contribution < -0.4 is 4.74 Å². The van der Waals surface area contributed by atoms with Crippen molar-refractivity contribution in [2.45, 2.75) is 5.88 Å². The summed E-state index contributed by atoms with van der Waals surface area (Å²) in [5.41, 5.74) is 0.857. The Morgan fingerprint density at radius 1 is 1.20 bits per heavy atom. The Kier molecular flexibility index (Phi) is 3.09. The van der Waals surface area contributed by atoms with Gasteiger partial charge in [-0.15, -0.1) is 11.6 Å². The molecule has 0 unspecified atom stereocenters. The summed E-state index contributed by atoms with van der Waals surface area (Å²) in [6.07, 6.45) is 6.53. The zero-order valence-electron chi connectivity index (χ0n) is 7.80. The van der Waals surface area contributed by atoms with Gasteiger partial charge in [-0.3, -0.25) is 4.98 Å². The van der Waals surface area contributed by atoms with E-state index in [4.69, 9.17) is 16.3 Å². The number of alkyl halides is 1. The van der Waals surface area contributed by atoms with Gasteiger partial charge in [-0.25, -0.2) is 9.97 Å². The van der Waals surface area contributed by atoms with Gasteiger partial charge in [0.05, 0.1) is 12.1 Å². The highest BCUT2D eigenvalue weighted by atomic mass is 35.5. The first kappa shape index (κ1) is 9.86. The van der Waals surface area contributed by atoms with Gasteiger partial charge < -0.3 is 4.74 Å². The second kappa shape index (κ2) is 4.70. The Morgan fingerprint density at radius 2 is 2.00 bits per heavy atom. The summed E-state index contributed by atoms with van der Waals surface area (Å²) in [6, 6.07) is 3.85. The van der Waals surface area contributed by atoms with E-state index < -0.39 is 0 Å². The summed E-state index contributed by atoms with van der Waals surface area (Å²) in [5.74, 6) is 1.00. The maximum atomic E-state index is 5.61. The largest absolute Gasteiger partial charge is 0.423 e. The molecule has 0 aliphatic carbocycles. The predicted octanol–water partition coefficient (Wildman–Crippen LogP) is 2.40.